The van der Waals surface area contributed by atoms with E-state index < -0.39 is 6.10 Å². The number of carbonyl (C=O) groups is 1. The van der Waals surface area contributed by atoms with Crippen molar-refractivity contribution in [3.8, 4) is 0 Å². The van der Waals surface area contributed by atoms with Gasteiger partial charge in [-0.2, -0.15) is 0 Å². The van der Waals surface area contributed by atoms with Crippen LogP contribution in [-0.4, -0.2) is 32.7 Å². The average molecular weight is 132 g/mol. The van der Waals surface area contributed by atoms with Crippen LogP contribution in [0, 0.1) is 0 Å². The zero-order valence-corrected chi connectivity index (χ0v) is 5.68. The molecule has 0 rings (SSSR count). The second kappa shape index (κ2) is 4.29. The molecular formula is C5H12N2O2. The number of methoxy groups -OCH3 is 1. The van der Waals surface area contributed by atoms with Crippen molar-refractivity contribution in [1.29, 1.82) is 0 Å². The van der Waals surface area contributed by atoms with E-state index in [0.717, 1.165) is 0 Å². The van der Waals surface area contributed by atoms with E-state index in [1.54, 1.807) is 7.05 Å². The molecule has 1 atom stereocenters. The van der Waals surface area contributed by atoms with E-state index in [1.165, 1.54) is 7.11 Å². The number of nitrogens with two attached hydrogens (primary N) is 1. The fraction of sp³-hybridized carbons (Fsp3) is 0.800. The molecule has 0 saturated carbocycles. The van der Waals surface area contributed by atoms with Crippen molar-refractivity contribution >= 4 is 5.91 Å². The van der Waals surface area contributed by atoms with Crippen LogP contribution in [0.5, 0.6) is 0 Å². The van der Waals surface area contributed by atoms with Crippen LogP contribution in [0.3, 0.4) is 0 Å². The number of hydrogen-bond acceptors (Lipinski definition) is 3. The first-order valence-electron chi connectivity index (χ1n) is 2.70. The Morgan fingerprint density at radius 3 is 2.56 bits per heavy atom. The third-order valence-electron chi connectivity index (χ3n) is 1.04. The lowest BCUT2D eigenvalue weighted by atomic mass is 10.3. The zero-order chi connectivity index (χ0) is 7.28. The van der Waals surface area contributed by atoms with Crippen LogP contribution in [0.4, 0.5) is 0 Å². The molecule has 4 nitrogen and oxygen atoms in total. The maximum Gasteiger partial charge on any atom is 0.250 e. The number of carbonyl (C=O) groups excluding carboxylic acids is 1. The van der Waals surface area contributed by atoms with Crippen LogP contribution in [0.15, 0.2) is 0 Å². The minimum Gasteiger partial charge on any atom is -0.370 e. The Morgan fingerprint density at radius 2 is 2.44 bits per heavy atom. The molecule has 9 heavy (non-hydrogen) atoms. The van der Waals surface area contributed by atoms with Gasteiger partial charge in [-0.1, -0.05) is 0 Å². The highest BCUT2D eigenvalue weighted by Crippen LogP contribution is 1.83. The molecule has 0 heterocycles. The molecule has 0 bridgehead atoms. The number of rotatable bonds is 3. The molecular weight excluding hydrogens is 120 g/mol. The molecule has 0 saturated heterocycles. The van der Waals surface area contributed by atoms with E-state index in [9.17, 15) is 4.79 Å². The summed E-state index contributed by atoms with van der Waals surface area (Å²) in [7, 11) is 3.00. The van der Waals surface area contributed by atoms with Gasteiger partial charge in [0.05, 0.1) is 0 Å². The molecule has 0 aromatic rings. The van der Waals surface area contributed by atoms with Gasteiger partial charge in [0.2, 0.25) is 5.91 Å². The molecule has 3 N–H and O–H groups in total. The molecule has 0 aromatic carbocycles. The summed E-state index contributed by atoms with van der Waals surface area (Å²) in [6.07, 6.45) is -0.505. The van der Waals surface area contributed by atoms with Crippen LogP contribution < -0.4 is 11.1 Å². The topological polar surface area (TPSA) is 64.4 Å². The molecule has 0 fully saturated rings. The lowest BCUT2D eigenvalue weighted by molar-refractivity contribution is -0.129. The third kappa shape index (κ3) is 2.43. The van der Waals surface area contributed by atoms with Crippen LogP contribution in [0.25, 0.3) is 0 Å². The Hall–Kier alpha value is -0.610. The summed E-state index contributed by atoms with van der Waals surface area (Å²) in [5.41, 5.74) is 5.17. The van der Waals surface area contributed by atoms with Crippen LogP contribution in [-0.2, 0) is 9.53 Å². The largest absolute Gasteiger partial charge is 0.370 e. The van der Waals surface area contributed by atoms with Crippen molar-refractivity contribution in [1.82, 2.24) is 5.32 Å². The Bertz CT molecular complexity index is 91.0. The minimum atomic E-state index is -0.505. The fourth-order valence-electron chi connectivity index (χ4n) is 0.471. The highest BCUT2D eigenvalue weighted by molar-refractivity contribution is 5.80. The molecule has 54 valence electrons. The minimum absolute atomic E-state index is 0.181. The van der Waals surface area contributed by atoms with Gasteiger partial charge in [0.15, 0.2) is 0 Å². The Morgan fingerprint density at radius 1 is 1.89 bits per heavy atom. The Balaban J connectivity index is 3.64. The van der Waals surface area contributed by atoms with Gasteiger partial charge in [0.25, 0.3) is 0 Å². The van der Waals surface area contributed by atoms with E-state index in [-0.39, 0.29) is 12.5 Å². The van der Waals surface area contributed by atoms with Crippen LogP contribution in [0.2, 0.25) is 0 Å². The summed E-state index contributed by atoms with van der Waals surface area (Å²) < 4.78 is 4.72. The highest BCUT2D eigenvalue weighted by atomic mass is 16.5. The molecule has 0 spiro atoms. The first kappa shape index (κ1) is 8.39. The van der Waals surface area contributed by atoms with Gasteiger partial charge in [-0.05, 0) is 0 Å². The van der Waals surface area contributed by atoms with Crippen molar-refractivity contribution in [2.45, 2.75) is 6.10 Å². The standard InChI is InChI=1S/C5H12N2O2/c1-7-5(8)4(3-6)9-2/h4H,3,6H2,1-2H3,(H,7,8). The number of nitrogens with one attached hydrogen (secondary N) is 1. The molecule has 0 aliphatic carbocycles. The molecule has 0 aliphatic heterocycles. The van der Waals surface area contributed by atoms with Crippen LogP contribution >= 0.6 is 0 Å². The third-order valence-corrected chi connectivity index (χ3v) is 1.04. The fourth-order valence-corrected chi connectivity index (χ4v) is 0.471. The molecule has 4 heteroatoms. The number of hydrogen-bond donors (Lipinski definition) is 2. The van der Waals surface area contributed by atoms with Gasteiger partial charge < -0.3 is 15.8 Å². The predicted octanol–water partition coefficient (Wildman–Crippen LogP) is -1.29. The monoisotopic (exact) mass is 132 g/mol. The normalized spacial score (nSPS) is 12.8. The average Bonchev–Trinajstić information content (AvgIpc) is 1.90. The summed E-state index contributed by atoms with van der Waals surface area (Å²) in [5.74, 6) is -0.181. The van der Waals surface area contributed by atoms with Gasteiger partial charge in [-0.3, -0.25) is 4.79 Å². The van der Waals surface area contributed by atoms with E-state index in [4.69, 9.17) is 10.5 Å². The lowest BCUT2D eigenvalue weighted by Gasteiger charge is -2.09. The summed E-state index contributed by atoms with van der Waals surface area (Å²) in [5, 5.41) is 2.42. The maximum absolute atomic E-state index is 10.7. The van der Waals surface area contributed by atoms with Crippen molar-refractivity contribution in [2.75, 3.05) is 20.7 Å². The summed E-state index contributed by atoms with van der Waals surface area (Å²) in [4.78, 5) is 10.7. The predicted molar refractivity (Wildman–Crippen MR) is 33.9 cm³/mol. The molecule has 1 unspecified atom stereocenters. The van der Waals surface area contributed by atoms with Gasteiger partial charge in [0.1, 0.15) is 6.10 Å². The maximum atomic E-state index is 10.7. The number of amides is 1. The van der Waals surface area contributed by atoms with Crippen molar-refractivity contribution in [2.24, 2.45) is 5.73 Å². The number of likely N-dealkylation sites (N-methyl/N-ethyl adjacent to an activating group) is 1. The van der Waals surface area contributed by atoms with E-state index in [2.05, 4.69) is 5.32 Å². The summed E-state index contributed by atoms with van der Waals surface area (Å²) in [6.45, 7) is 0.218. The summed E-state index contributed by atoms with van der Waals surface area (Å²) >= 11 is 0. The van der Waals surface area contributed by atoms with Crippen molar-refractivity contribution in [3.05, 3.63) is 0 Å². The Labute approximate surface area is 54.4 Å². The van der Waals surface area contributed by atoms with Gasteiger partial charge in [0, 0.05) is 20.7 Å². The van der Waals surface area contributed by atoms with Gasteiger partial charge in [-0.15, -0.1) is 0 Å². The highest BCUT2D eigenvalue weighted by Gasteiger charge is 2.12. The van der Waals surface area contributed by atoms with Crippen LogP contribution in [0.1, 0.15) is 0 Å². The first-order chi connectivity index (χ1) is 4.26. The van der Waals surface area contributed by atoms with E-state index >= 15 is 0 Å². The number of ether oxygens (including phenoxy) is 1. The quantitative estimate of drug-likeness (QED) is 0.502. The molecule has 0 aromatic heterocycles. The van der Waals surface area contributed by atoms with Gasteiger partial charge >= 0.3 is 0 Å². The van der Waals surface area contributed by atoms with E-state index in [1.807, 2.05) is 0 Å². The molecule has 0 aliphatic rings. The second-order valence-corrected chi connectivity index (χ2v) is 1.57. The molecule has 0 radical (unpaired) electrons. The lowest BCUT2D eigenvalue weighted by Crippen LogP contribution is -2.38. The SMILES string of the molecule is CNC(=O)C(CN)OC. The van der Waals surface area contributed by atoms with Crippen molar-refractivity contribution < 1.29 is 9.53 Å². The van der Waals surface area contributed by atoms with Gasteiger partial charge in [-0.25, -0.2) is 0 Å². The summed E-state index contributed by atoms with van der Waals surface area (Å²) in [6, 6.07) is 0. The molecule has 1 amide bonds. The Kier molecular flexibility index (Phi) is 4.00. The second-order valence-electron chi connectivity index (χ2n) is 1.57. The zero-order valence-electron chi connectivity index (χ0n) is 5.68. The smallest absolute Gasteiger partial charge is 0.250 e. The first-order valence-corrected chi connectivity index (χ1v) is 2.70. The van der Waals surface area contributed by atoms with Crippen molar-refractivity contribution in [3.63, 3.8) is 0 Å². The van der Waals surface area contributed by atoms with E-state index in [0.29, 0.717) is 0 Å².